The van der Waals surface area contributed by atoms with E-state index in [-0.39, 0.29) is 0 Å². The van der Waals surface area contributed by atoms with Gasteiger partial charge in [-0.1, -0.05) is 0 Å². The lowest BCUT2D eigenvalue weighted by Crippen LogP contribution is -1.90. The summed E-state index contributed by atoms with van der Waals surface area (Å²) < 4.78 is 1.35. The van der Waals surface area contributed by atoms with Gasteiger partial charge >= 0.3 is 0 Å². The Bertz CT molecular complexity index is 438. The molecular formula is C9H4Br2N2. The third kappa shape index (κ3) is 1.75. The van der Waals surface area contributed by atoms with E-state index in [0.717, 1.165) is 5.56 Å². The smallest absolute Gasteiger partial charge is 0.101 e. The van der Waals surface area contributed by atoms with Crippen LogP contribution in [0.3, 0.4) is 0 Å². The van der Waals surface area contributed by atoms with Crippen LogP contribution in [0.2, 0.25) is 0 Å². The van der Waals surface area contributed by atoms with Crippen molar-refractivity contribution in [2.24, 2.45) is 0 Å². The summed E-state index contributed by atoms with van der Waals surface area (Å²) in [4.78, 5) is 0. The molecule has 0 bridgehead atoms. The number of nitrogens with zero attached hydrogens (tertiary/aromatic N) is 2. The van der Waals surface area contributed by atoms with E-state index in [1.807, 2.05) is 6.07 Å². The van der Waals surface area contributed by atoms with Gasteiger partial charge in [0.25, 0.3) is 0 Å². The molecule has 0 aliphatic heterocycles. The fraction of sp³-hybridized carbons (Fsp3) is 0.111. The summed E-state index contributed by atoms with van der Waals surface area (Å²) in [6, 6.07) is 5.75. The SMILES string of the molecule is Cc1c(Br)c(C#N)cc(Br)c1C#N. The van der Waals surface area contributed by atoms with Crippen LogP contribution in [-0.4, -0.2) is 0 Å². The number of nitriles is 2. The Morgan fingerprint density at radius 2 is 1.85 bits per heavy atom. The van der Waals surface area contributed by atoms with Crippen molar-refractivity contribution >= 4 is 31.9 Å². The van der Waals surface area contributed by atoms with Gasteiger partial charge in [0, 0.05) is 8.95 Å². The summed E-state index contributed by atoms with van der Waals surface area (Å²) in [7, 11) is 0. The van der Waals surface area contributed by atoms with Crippen LogP contribution in [0.15, 0.2) is 15.0 Å². The minimum absolute atomic E-state index is 0.531. The molecule has 0 unspecified atom stereocenters. The summed E-state index contributed by atoms with van der Waals surface area (Å²) in [6.45, 7) is 1.80. The molecular weight excluding hydrogens is 296 g/mol. The fourth-order valence-corrected chi connectivity index (χ4v) is 1.99. The summed E-state index contributed by atoms with van der Waals surface area (Å²) in [5.74, 6) is 0. The lowest BCUT2D eigenvalue weighted by Gasteiger charge is -2.04. The maximum absolute atomic E-state index is 8.80. The lowest BCUT2D eigenvalue weighted by atomic mass is 10.1. The highest BCUT2D eigenvalue weighted by Gasteiger charge is 2.11. The molecule has 0 aliphatic rings. The maximum Gasteiger partial charge on any atom is 0.101 e. The van der Waals surface area contributed by atoms with Crippen LogP contribution in [0.4, 0.5) is 0 Å². The Hall–Kier alpha value is -0.840. The Labute approximate surface area is 93.0 Å². The first kappa shape index (κ1) is 10.2. The molecule has 0 spiro atoms. The number of hydrogen-bond acceptors (Lipinski definition) is 2. The van der Waals surface area contributed by atoms with Crippen LogP contribution >= 0.6 is 31.9 Å². The zero-order valence-corrected chi connectivity index (χ0v) is 9.90. The standard InChI is InChI=1S/C9H4Br2N2/c1-5-7(4-13)8(10)2-6(3-12)9(5)11/h2H,1H3. The van der Waals surface area contributed by atoms with E-state index in [4.69, 9.17) is 10.5 Å². The molecule has 0 saturated heterocycles. The fourth-order valence-electron chi connectivity index (χ4n) is 0.972. The first-order valence-corrected chi connectivity index (χ1v) is 4.99. The molecule has 0 heterocycles. The Morgan fingerprint density at radius 1 is 1.23 bits per heavy atom. The lowest BCUT2D eigenvalue weighted by molar-refractivity contribution is 1.32. The van der Waals surface area contributed by atoms with Crippen molar-refractivity contribution in [3.05, 3.63) is 31.7 Å². The van der Waals surface area contributed by atoms with E-state index >= 15 is 0 Å². The van der Waals surface area contributed by atoms with Crippen molar-refractivity contribution < 1.29 is 0 Å². The van der Waals surface area contributed by atoms with Gasteiger partial charge in [0.15, 0.2) is 0 Å². The molecule has 0 aliphatic carbocycles. The maximum atomic E-state index is 8.80. The van der Waals surface area contributed by atoms with E-state index < -0.39 is 0 Å². The van der Waals surface area contributed by atoms with Gasteiger partial charge in [0.05, 0.1) is 11.1 Å². The molecule has 0 atom stereocenters. The Morgan fingerprint density at radius 3 is 2.31 bits per heavy atom. The van der Waals surface area contributed by atoms with E-state index in [1.54, 1.807) is 13.0 Å². The van der Waals surface area contributed by atoms with Crippen molar-refractivity contribution in [2.45, 2.75) is 6.92 Å². The summed E-state index contributed by atoms with van der Waals surface area (Å²) in [6.07, 6.45) is 0. The van der Waals surface area contributed by atoms with Gasteiger partial charge in [0.1, 0.15) is 12.1 Å². The second-order valence-corrected chi connectivity index (χ2v) is 4.09. The second kappa shape index (κ2) is 3.91. The molecule has 0 fully saturated rings. The molecule has 0 saturated carbocycles. The van der Waals surface area contributed by atoms with Gasteiger partial charge in [-0.05, 0) is 50.4 Å². The predicted molar refractivity (Wildman–Crippen MR) is 56.0 cm³/mol. The summed E-state index contributed by atoms with van der Waals surface area (Å²) in [5, 5.41) is 17.6. The molecule has 1 rings (SSSR count). The van der Waals surface area contributed by atoms with Gasteiger partial charge in [-0.15, -0.1) is 0 Å². The minimum Gasteiger partial charge on any atom is -0.192 e. The average Bonchev–Trinajstić information content (AvgIpc) is 2.12. The van der Waals surface area contributed by atoms with Crippen LogP contribution in [0.1, 0.15) is 16.7 Å². The predicted octanol–water partition coefficient (Wildman–Crippen LogP) is 3.26. The van der Waals surface area contributed by atoms with Crippen molar-refractivity contribution in [1.29, 1.82) is 10.5 Å². The van der Waals surface area contributed by atoms with E-state index in [2.05, 4.69) is 37.9 Å². The Balaban J connectivity index is 3.60. The molecule has 13 heavy (non-hydrogen) atoms. The topological polar surface area (TPSA) is 47.6 Å². The van der Waals surface area contributed by atoms with Crippen LogP contribution in [-0.2, 0) is 0 Å². The summed E-state index contributed by atoms with van der Waals surface area (Å²) >= 11 is 6.51. The molecule has 1 aromatic rings. The molecule has 0 N–H and O–H groups in total. The van der Waals surface area contributed by atoms with Crippen molar-refractivity contribution in [3.8, 4) is 12.1 Å². The van der Waals surface area contributed by atoms with Gasteiger partial charge in [-0.3, -0.25) is 0 Å². The highest BCUT2D eigenvalue weighted by molar-refractivity contribution is 9.11. The number of benzene rings is 1. The van der Waals surface area contributed by atoms with Crippen molar-refractivity contribution in [2.75, 3.05) is 0 Å². The van der Waals surface area contributed by atoms with E-state index in [0.29, 0.717) is 20.1 Å². The average molecular weight is 300 g/mol. The van der Waals surface area contributed by atoms with Gasteiger partial charge in [-0.25, -0.2) is 0 Å². The van der Waals surface area contributed by atoms with E-state index in [1.165, 1.54) is 0 Å². The van der Waals surface area contributed by atoms with Gasteiger partial charge in [0.2, 0.25) is 0 Å². The van der Waals surface area contributed by atoms with Crippen molar-refractivity contribution in [1.82, 2.24) is 0 Å². The second-order valence-electron chi connectivity index (χ2n) is 2.44. The highest BCUT2D eigenvalue weighted by Crippen LogP contribution is 2.29. The third-order valence-electron chi connectivity index (χ3n) is 1.68. The zero-order chi connectivity index (χ0) is 10.0. The van der Waals surface area contributed by atoms with Crippen LogP contribution in [0.25, 0.3) is 0 Å². The molecule has 0 amide bonds. The van der Waals surface area contributed by atoms with Gasteiger partial charge in [-0.2, -0.15) is 10.5 Å². The monoisotopic (exact) mass is 298 g/mol. The number of hydrogen-bond donors (Lipinski definition) is 0. The van der Waals surface area contributed by atoms with Gasteiger partial charge < -0.3 is 0 Å². The number of rotatable bonds is 0. The normalized spacial score (nSPS) is 9.00. The molecule has 0 radical (unpaired) electrons. The summed E-state index contributed by atoms with van der Waals surface area (Å²) in [5.41, 5.74) is 1.88. The largest absolute Gasteiger partial charge is 0.192 e. The molecule has 2 nitrogen and oxygen atoms in total. The first-order chi connectivity index (χ1) is 6.11. The van der Waals surface area contributed by atoms with Crippen LogP contribution < -0.4 is 0 Å². The Kier molecular flexibility index (Phi) is 3.08. The first-order valence-electron chi connectivity index (χ1n) is 3.40. The molecule has 4 heteroatoms. The molecule has 0 aromatic heterocycles. The molecule has 64 valence electrons. The van der Waals surface area contributed by atoms with Crippen molar-refractivity contribution in [3.63, 3.8) is 0 Å². The van der Waals surface area contributed by atoms with Crippen LogP contribution in [0, 0.1) is 29.6 Å². The van der Waals surface area contributed by atoms with E-state index in [9.17, 15) is 0 Å². The molecule has 1 aromatic carbocycles. The minimum atomic E-state index is 0.531. The number of halogens is 2. The highest BCUT2D eigenvalue weighted by atomic mass is 79.9. The quantitative estimate of drug-likeness (QED) is 0.738. The third-order valence-corrected chi connectivity index (χ3v) is 3.33. The van der Waals surface area contributed by atoms with Crippen LogP contribution in [0.5, 0.6) is 0 Å². The zero-order valence-electron chi connectivity index (χ0n) is 6.73.